The van der Waals surface area contributed by atoms with Crippen molar-refractivity contribution in [3.8, 4) is 0 Å². The number of nitrogens with zero attached hydrogens (tertiary/aromatic N) is 3. The molecule has 2 atom stereocenters. The Morgan fingerprint density at radius 2 is 1.64 bits per heavy atom. The van der Waals surface area contributed by atoms with E-state index in [9.17, 15) is 9.59 Å². The molecule has 0 radical (unpaired) electrons. The molecule has 0 spiro atoms. The van der Waals surface area contributed by atoms with Crippen molar-refractivity contribution in [2.75, 3.05) is 39.3 Å². The Morgan fingerprint density at radius 3 is 2.14 bits per heavy atom. The standard InChI is InChI=1S/C16H30N4O2/c1-3-18(4-2)16(22)20-10-8-19(9-11-20)15(21)12-13-6-5-7-14(13)17/h13-14H,3-12,17H2,1-2H3/t13-,14+/m0/s1. The number of urea groups is 1. The Balaban J connectivity index is 1.79. The second-order valence-electron chi connectivity index (χ2n) is 6.38. The van der Waals surface area contributed by atoms with Gasteiger partial charge in [0, 0.05) is 51.7 Å². The molecule has 1 heterocycles. The molecule has 6 nitrogen and oxygen atoms in total. The molecule has 22 heavy (non-hydrogen) atoms. The van der Waals surface area contributed by atoms with Crippen LogP contribution in [0.5, 0.6) is 0 Å². The molecule has 6 heteroatoms. The first-order valence-corrected chi connectivity index (χ1v) is 8.64. The summed E-state index contributed by atoms with van der Waals surface area (Å²) in [6.07, 6.45) is 3.84. The van der Waals surface area contributed by atoms with Crippen molar-refractivity contribution in [1.29, 1.82) is 0 Å². The summed E-state index contributed by atoms with van der Waals surface area (Å²) in [5.74, 6) is 0.556. The highest BCUT2D eigenvalue weighted by Gasteiger charge is 2.30. The molecule has 0 aromatic rings. The van der Waals surface area contributed by atoms with Crippen molar-refractivity contribution in [1.82, 2.24) is 14.7 Å². The molecule has 0 aromatic carbocycles. The van der Waals surface area contributed by atoms with E-state index in [-0.39, 0.29) is 18.0 Å². The Morgan fingerprint density at radius 1 is 1.05 bits per heavy atom. The SMILES string of the molecule is CCN(CC)C(=O)N1CCN(C(=O)C[C@@H]2CCC[C@H]2N)CC1. The van der Waals surface area contributed by atoms with Gasteiger partial charge in [0.05, 0.1) is 0 Å². The smallest absolute Gasteiger partial charge is 0.320 e. The van der Waals surface area contributed by atoms with Gasteiger partial charge in [0.2, 0.25) is 5.91 Å². The molecule has 2 N–H and O–H groups in total. The summed E-state index contributed by atoms with van der Waals surface area (Å²) in [7, 11) is 0. The first-order valence-electron chi connectivity index (χ1n) is 8.64. The van der Waals surface area contributed by atoms with Crippen LogP contribution in [0.25, 0.3) is 0 Å². The zero-order valence-electron chi connectivity index (χ0n) is 14.0. The van der Waals surface area contributed by atoms with Crippen LogP contribution in [0.1, 0.15) is 39.5 Å². The van der Waals surface area contributed by atoms with E-state index < -0.39 is 0 Å². The van der Waals surface area contributed by atoms with E-state index in [4.69, 9.17) is 5.73 Å². The number of piperazine rings is 1. The van der Waals surface area contributed by atoms with Gasteiger partial charge in [0.15, 0.2) is 0 Å². The van der Waals surface area contributed by atoms with Crippen LogP contribution in [0.15, 0.2) is 0 Å². The summed E-state index contributed by atoms with van der Waals surface area (Å²) in [5.41, 5.74) is 6.05. The molecule has 0 unspecified atom stereocenters. The van der Waals surface area contributed by atoms with Gasteiger partial charge in [-0.15, -0.1) is 0 Å². The summed E-state index contributed by atoms with van der Waals surface area (Å²) < 4.78 is 0. The molecule has 0 aromatic heterocycles. The first-order chi connectivity index (χ1) is 10.6. The van der Waals surface area contributed by atoms with Crippen LogP contribution in [0.2, 0.25) is 0 Å². The van der Waals surface area contributed by atoms with E-state index in [0.717, 1.165) is 32.4 Å². The minimum Gasteiger partial charge on any atom is -0.339 e. The van der Waals surface area contributed by atoms with Crippen molar-refractivity contribution in [3.05, 3.63) is 0 Å². The molecule has 2 rings (SSSR count). The highest BCUT2D eigenvalue weighted by molar-refractivity contribution is 5.78. The molecule has 2 fully saturated rings. The summed E-state index contributed by atoms with van der Waals surface area (Å²) in [6.45, 7) is 8.01. The van der Waals surface area contributed by atoms with Gasteiger partial charge in [-0.3, -0.25) is 4.79 Å². The molecule has 1 saturated heterocycles. The average Bonchev–Trinajstić information content (AvgIpc) is 2.93. The van der Waals surface area contributed by atoms with E-state index in [1.54, 1.807) is 0 Å². The lowest BCUT2D eigenvalue weighted by atomic mass is 9.99. The first kappa shape index (κ1) is 17.1. The molecule has 2 aliphatic rings. The molecule has 126 valence electrons. The van der Waals surface area contributed by atoms with Gasteiger partial charge < -0.3 is 20.4 Å². The van der Waals surface area contributed by atoms with Crippen molar-refractivity contribution >= 4 is 11.9 Å². The molecule has 0 bridgehead atoms. The van der Waals surface area contributed by atoms with E-state index in [0.29, 0.717) is 38.5 Å². The van der Waals surface area contributed by atoms with Gasteiger partial charge in [-0.2, -0.15) is 0 Å². The Kier molecular flexibility index (Phi) is 6.06. The van der Waals surface area contributed by atoms with Gasteiger partial charge in [0.1, 0.15) is 0 Å². The maximum Gasteiger partial charge on any atom is 0.320 e. The topological polar surface area (TPSA) is 69.9 Å². The average molecular weight is 310 g/mol. The van der Waals surface area contributed by atoms with Gasteiger partial charge >= 0.3 is 6.03 Å². The lowest BCUT2D eigenvalue weighted by Gasteiger charge is -2.37. The predicted molar refractivity (Wildman–Crippen MR) is 86.4 cm³/mol. The summed E-state index contributed by atoms with van der Waals surface area (Å²) in [5, 5.41) is 0. The molecular weight excluding hydrogens is 280 g/mol. The second kappa shape index (κ2) is 7.81. The third-order valence-electron chi connectivity index (χ3n) is 5.09. The monoisotopic (exact) mass is 310 g/mol. The molecule has 1 saturated carbocycles. The zero-order valence-corrected chi connectivity index (χ0v) is 14.0. The fourth-order valence-corrected chi connectivity index (χ4v) is 3.51. The number of amides is 3. The fraction of sp³-hybridized carbons (Fsp3) is 0.875. The minimum atomic E-state index is 0.0925. The maximum atomic E-state index is 12.4. The van der Waals surface area contributed by atoms with Crippen molar-refractivity contribution in [3.63, 3.8) is 0 Å². The number of nitrogens with two attached hydrogens (primary N) is 1. The number of rotatable bonds is 4. The fourth-order valence-electron chi connectivity index (χ4n) is 3.51. The summed E-state index contributed by atoms with van der Waals surface area (Å²) >= 11 is 0. The molecule has 3 amide bonds. The number of hydrogen-bond donors (Lipinski definition) is 1. The van der Waals surface area contributed by atoms with Crippen LogP contribution in [-0.2, 0) is 4.79 Å². The van der Waals surface area contributed by atoms with Gasteiger partial charge in [0.25, 0.3) is 0 Å². The van der Waals surface area contributed by atoms with E-state index >= 15 is 0 Å². The lowest BCUT2D eigenvalue weighted by molar-refractivity contribution is -0.133. The van der Waals surface area contributed by atoms with Gasteiger partial charge in [-0.25, -0.2) is 4.79 Å². The van der Waals surface area contributed by atoms with Crippen LogP contribution < -0.4 is 5.73 Å². The zero-order chi connectivity index (χ0) is 16.1. The molecule has 1 aliphatic carbocycles. The Hall–Kier alpha value is -1.30. The molecular formula is C16H30N4O2. The summed E-state index contributed by atoms with van der Waals surface area (Å²) in [6, 6.07) is 0.282. The Labute approximate surface area is 133 Å². The van der Waals surface area contributed by atoms with E-state index in [2.05, 4.69) is 0 Å². The number of carbonyl (C=O) groups is 2. The van der Waals surface area contributed by atoms with Crippen LogP contribution in [-0.4, -0.2) is 71.9 Å². The highest BCUT2D eigenvalue weighted by Crippen LogP contribution is 2.27. The summed E-state index contributed by atoms with van der Waals surface area (Å²) in [4.78, 5) is 30.3. The maximum absolute atomic E-state index is 12.4. The quantitative estimate of drug-likeness (QED) is 0.845. The van der Waals surface area contributed by atoms with Crippen LogP contribution in [0.4, 0.5) is 4.79 Å². The third kappa shape index (κ3) is 3.91. The number of hydrogen-bond acceptors (Lipinski definition) is 3. The third-order valence-corrected chi connectivity index (χ3v) is 5.09. The highest BCUT2D eigenvalue weighted by atomic mass is 16.2. The Bertz CT molecular complexity index is 390. The van der Waals surface area contributed by atoms with Crippen LogP contribution in [0, 0.1) is 5.92 Å². The van der Waals surface area contributed by atoms with Gasteiger partial charge in [-0.05, 0) is 32.6 Å². The van der Waals surface area contributed by atoms with E-state index in [1.165, 1.54) is 0 Å². The lowest BCUT2D eigenvalue weighted by Crippen LogP contribution is -2.54. The van der Waals surface area contributed by atoms with Gasteiger partial charge in [-0.1, -0.05) is 6.42 Å². The van der Waals surface area contributed by atoms with Crippen molar-refractivity contribution in [2.45, 2.75) is 45.6 Å². The number of carbonyl (C=O) groups excluding carboxylic acids is 2. The van der Waals surface area contributed by atoms with Crippen molar-refractivity contribution < 1.29 is 9.59 Å². The van der Waals surface area contributed by atoms with E-state index in [1.807, 2.05) is 28.5 Å². The normalized spacial score (nSPS) is 25.4. The van der Waals surface area contributed by atoms with Crippen LogP contribution >= 0.6 is 0 Å². The molecule has 1 aliphatic heterocycles. The largest absolute Gasteiger partial charge is 0.339 e. The second-order valence-corrected chi connectivity index (χ2v) is 6.38. The van der Waals surface area contributed by atoms with Crippen molar-refractivity contribution in [2.24, 2.45) is 11.7 Å². The van der Waals surface area contributed by atoms with Crippen LogP contribution in [0.3, 0.4) is 0 Å². The minimum absolute atomic E-state index is 0.0925. The predicted octanol–water partition coefficient (Wildman–Crippen LogP) is 1.11.